The molecule has 1 fully saturated rings. The third kappa shape index (κ3) is 5.24. The molecule has 2 rings (SSSR count). The first-order chi connectivity index (χ1) is 12.9. The third-order valence-corrected chi connectivity index (χ3v) is 7.12. The molecule has 2 N–H and O–H groups in total. The zero-order chi connectivity index (χ0) is 21.1. The van der Waals surface area contributed by atoms with E-state index in [0.717, 1.165) is 25.3 Å². The average Bonchev–Trinajstić information content (AvgIpc) is 2.97. The molecule has 0 bridgehead atoms. The lowest BCUT2D eigenvalue weighted by Crippen LogP contribution is -2.42. The summed E-state index contributed by atoms with van der Waals surface area (Å²) in [6.07, 6.45) is 0.0775. The Hall–Kier alpha value is -2.58. The first kappa shape index (κ1) is 21.7. The van der Waals surface area contributed by atoms with Crippen molar-refractivity contribution >= 4 is 37.4 Å². The highest BCUT2D eigenvalue weighted by Crippen LogP contribution is 2.25. The number of carbonyl (C=O) groups excluding carboxylic acids is 2. The molecule has 14 heteroatoms. The number of amides is 1. The van der Waals surface area contributed by atoms with Gasteiger partial charge in [0.25, 0.3) is 15.7 Å². The van der Waals surface area contributed by atoms with E-state index in [0.29, 0.717) is 6.42 Å². The first-order valence-corrected chi connectivity index (χ1v) is 11.1. The van der Waals surface area contributed by atoms with Gasteiger partial charge in [-0.25, -0.2) is 21.6 Å². The fourth-order valence-electron chi connectivity index (χ4n) is 2.66. The Kier molecular flexibility index (Phi) is 6.36. The number of hydrogen-bond donors (Lipinski definition) is 2. The minimum absolute atomic E-state index is 0.0323. The van der Waals surface area contributed by atoms with Crippen LogP contribution in [0.15, 0.2) is 23.1 Å². The van der Waals surface area contributed by atoms with Gasteiger partial charge in [0.05, 0.1) is 29.1 Å². The second-order valence-corrected chi connectivity index (χ2v) is 9.94. The maximum atomic E-state index is 12.3. The highest BCUT2D eigenvalue weighted by Gasteiger charge is 2.31. The molecule has 1 aliphatic rings. The lowest BCUT2D eigenvalue weighted by molar-refractivity contribution is -0.387. The molecule has 0 aromatic heterocycles. The molecular formula is C14H17N3O9S2. The summed E-state index contributed by atoms with van der Waals surface area (Å²) >= 11 is 0. The number of ether oxygens (including phenoxy) is 1. The Morgan fingerprint density at radius 2 is 2.04 bits per heavy atom. The van der Waals surface area contributed by atoms with Gasteiger partial charge in [-0.15, -0.1) is 4.83 Å². The number of carbonyl (C=O) groups is 2. The molecule has 1 aromatic carbocycles. The number of nitrogens with zero attached hydrogens (tertiary/aromatic N) is 1. The summed E-state index contributed by atoms with van der Waals surface area (Å²) in [6.45, 7) is 0. The zero-order valence-electron chi connectivity index (χ0n) is 14.6. The van der Waals surface area contributed by atoms with Crippen molar-refractivity contribution in [2.75, 3.05) is 18.6 Å². The molecule has 1 atom stereocenters. The molecule has 1 aromatic rings. The lowest BCUT2D eigenvalue weighted by Gasteiger charge is -2.11. The van der Waals surface area contributed by atoms with E-state index in [1.165, 1.54) is 0 Å². The van der Waals surface area contributed by atoms with Crippen LogP contribution in [0.4, 0.5) is 5.69 Å². The number of rotatable bonds is 7. The number of sulfone groups is 1. The molecule has 0 saturated carbocycles. The van der Waals surface area contributed by atoms with E-state index in [1.807, 2.05) is 5.43 Å². The molecule has 1 heterocycles. The maximum absolute atomic E-state index is 12.3. The summed E-state index contributed by atoms with van der Waals surface area (Å²) in [5.74, 6) is -2.29. The van der Waals surface area contributed by atoms with Crippen LogP contribution in [0.25, 0.3) is 0 Å². The van der Waals surface area contributed by atoms with E-state index in [4.69, 9.17) is 0 Å². The topological polar surface area (TPSA) is 179 Å². The summed E-state index contributed by atoms with van der Waals surface area (Å²) in [6, 6.07) is 2.60. The number of nitro groups is 1. The molecule has 1 aliphatic heterocycles. The summed E-state index contributed by atoms with van der Waals surface area (Å²) in [7, 11) is -6.66. The van der Waals surface area contributed by atoms with Crippen LogP contribution in [0.2, 0.25) is 0 Å². The molecule has 0 aliphatic carbocycles. The Morgan fingerprint density at radius 3 is 2.57 bits per heavy atom. The number of hydrazine groups is 1. The molecule has 0 radical (unpaired) electrons. The molecule has 0 spiro atoms. The number of nitro benzene ring substituents is 1. The summed E-state index contributed by atoms with van der Waals surface area (Å²) in [5.41, 5.74) is 0.799. The Morgan fingerprint density at radius 1 is 1.36 bits per heavy atom. The lowest BCUT2D eigenvalue weighted by atomic mass is 10.1. The molecule has 0 unspecified atom stereocenters. The fraction of sp³-hybridized carbons (Fsp3) is 0.429. The SMILES string of the molecule is COC(=O)c1ccc(S(=O)(=O)NNC(=O)C[C@@H]2CCS(=O)(=O)C2)c([N+](=O)[O-])c1. The van der Waals surface area contributed by atoms with Crippen LogP contribution in [0.1, 0.15) is 23.2 Å². The number of nitrogens with one attached hydrogen (secondary N) is 2. The van der Waals surface area contributed by atoms with Crippen LogP contribution in [-0.4, -0.2) is 52.3 Å². The zero-order valence-corrected chi connectivity index (χ0v) is 16.2. The molecular weight excluding hydrogens is 418 g/mol. The van der Waals surface area contributed by atoms with E-state index < -0.39 is 53.2 Å². The number of benzene rings is 1. The quantitative estimate of drug-likeness (QED) is 0.325. The first-order valence-electron chi connectivity index (χ1n) is 7.83. The van der Waals surface area contributed by atoms with Gasteiger partial charge in [-0.3, -0.25) is 20.3 Å². The van der Waals surface area contributed by atoms with Crippen molar-refractivity contribution in [1.82, 2.24) is 10.3 Å². The largest absolute Gasteiger partial charge is 0.465 e. The predicted octanol–water partition coefficient (Wildman–Crippen LogP) is -0.484. The second kappa shape index (κ2) is 8.20. The molecule has 28 heavy (non-hydrogen) atoms. The highest BCUT2D eigenvalue weighted by molar-refractivity contribution is 7.91. The molecule has 12 nitrogen and oxygen atoms in total. The van der Waals surface area contributed by atoms with Gasteiger partial charge in [0.1, 0.15) is 0 Å². The molecule has 1 saturated heterocycles. The maximum Gasteiger partial charge on any atom is 0.338 e. The number of esters is 1. The average molecular weight is 435 g/mol. The smallest absolute Gasteiger partial charge is 0.338 e. The van der Waals surface area contributed by atoms with Crippen molar-refractivity contribution in [2.45, 2.75) is 17.7 Å². The van der Waals surface area contributed by atoms with Crippen LogP contribution < -0.4 is 10.3 Å². The van der Waals surface area contributed by atoms with Gasteiger partial charge in [0.15, 0.2) is 14.7 Å². The second-order valence-electron chi connectivity index (χ2n) is 6.06. The van der Waals surface area contributed by atoms with E-state index in [-0.39, 0.29) is 23.5 Å². The van der Waals surface area contributed by atoms with Crippen LogP contribution in [-0.2, 0) is 29.4 Å². The standard InChI is InChI=1S/C14H17N3O9S2/c1-26-14(19)10-2-3-12(11(7-10)17(20)21)28(24,25)16-15-13(18)6-9-4-5-27(22,23)8-9/h2-3,7,9,16H,4-6,8H2,1H3,(H,15,18)/t9-/m0/s1. The number of methoxy groups -OCH3 is 1. The van der Waals surface area contributed by atoms with Crippen molar-refractivity contribution in [3.63, 3.8) is 0 Å². The monoisotopic (exact) mass is 435 g/mol. The fourth-order valence-corrected chi connectivity index (χ4v) is 5.53. The Balaban J connectivity index is 2.12. The minimum Gasteiger partial charge on any atom is -0.465 e. The van der Waals surface area contributed by atoms with Crippen molar-refractivity contribution in [3.8, 4) is 0 Å². The number of sulfonamides is 1. The molecule has 1 amide bonds. The van der Waals surface area contributed by atoms with Crippen molar-refractivity contribution in [3.05, 3.63) is 33.9 Å². The van der Waals surface area contributed by atoms with Crippen LogP contribution in [0, 0.1) is 16.0 Å². The van der Waals surface area contributed by atoms with Crippen molar-refractivity contribution < 1.29 is 36.1 Å². The van der Waals surface area contributed by atoms with Crippen LogP contribution >= 0.6 is 0 Å². The van der Waals surface area contributed by atoms with Crippen molar-refractivity contribution in [1.29, 1.82) is 0 Å². The van der Waals surface area contributed by atoms with Gasteiger partial charge < -0.3 is 4.74 Å². The summed E-state index contributed by atoms with van der Waals surface area (Å²) < 4.78 is 51.8. The third-order valence-electron chi connectivity index (χ3n) is 3.99. The Bertz CT molecular complexity index is 1020. The van der Waals surface area contributed by atoms with Crippen molar-refractivity contribution in [2.24, 2.45) is 5.92 Å². The van der Waals surface area contributed by atoms with Crippen LogP contribution in [0.5, 0.6) is 0 Å². The van der Waals surface area contributed by atoms with Gasteiger partial charge in [0, 0.05) is 12.5 Å². The van der Waals surface area contributed by atoms with Gasteiger partial charge in [0.2, 0.25) is 5.91 Å². The van der Waals surface area contributed by atoms with Gasteiger partial charge >= 0.3 is 5.97 Å². The van der Waals surface area contributed by atoms with E-state index in [1.54, 1.807) is 4.83 Å². The minimum atomic E-state index is -4.53. The van der Waals surface area contributed by atoms with Crippen LogP contribution in [0.3, 0.4) is 0 Å². The highest BCUT2D eigenvalue weighted by atomic mass is 32.2. The van der Waals surface area contributed by atoms with Gasteiger partial charge in [-0.1, -0.05) is 0 Å². The van der Waals surface area contributed by atoms with Gasteiger partial charge in [-0.05, 0) is 24.5 Å². The summed E-state index contributed by atoms with van der Waals surface area (Å²) in [4.78, 5) is 34.5. The normalized spacial score (nSPS) is 18.4. The van der Waals surface area contributed by atoms with Gasteiger partial charge in [-0.2, -0.15) is 0 Å². The van der Waals surface area contributed by atoms with E-state index in [2.05, 4.69) is 4.74 Å². The number of hydrogen-bond acceptors (Lipinski definition) is 9. The van der Waals surface area contributed by atoms with E-state index in [9.17, 15) is 36.5 Å². The Labute approximate surface area is 160 Å². The predicted molar refractivity (Wildman–Crippen MR) is 94.3 cm³/mol. The molecule has 154 valence electrons. The van der Waals surface area contributed by atoms with E-state index >= 15 is 0 Å². The summed E-state index contributed by atoms with van der Waals surface area (Å²) in [5, 5.41) is 11.2.